The third-order valence-electron chi connectivity index (χ3n) is 4.76. The average Bonchev–Trinajstić information content (AvgIpc) is 2.62. The SMILES string of the molecule is CCCOc1cccc(NC(=O)O[C@H]2CCCC[C@@H]2N(CC)CC)c1. The van der Waals surface area contributed by atoms with Gasteiger partial charge in [-0.2, -0.15) is 0 Å². The lowest BCUT2D eigenvalue weighted by molar-refractivity contribution is 0.0125. The van der Waals surface area contributed by atoms with Crippen molar-refractivity contribution in [1.29, 1.82) is 0 Å². The Bertz CT molecular complexity index is 531. The van der Waals surface area contributed by atoms with Crippen molar-refractivity contribution < 1.29 is 14.3 Å². The molecule has 0 radical (unpaired) electrons. The molecule has 1 amide bonds. The highest BCUT2D eigenvalue weighted by Crippen LogP contribution is 2.26. The normalized spacial score (nSPS) is 20.3. The summed E-state index contributed by atoms with van der Waals surface area (Å²) in [5, 5.41) is 2.84. The van der Waals surface area contributed by atoms with Gasteiger partial charge < -0.3 is 9.47 Å². The molecule has 0 heterocycles. The lowest BCUT2D eigenvalue weighted by Crippen LogP contribution is -2.47. The summed E-state index contributed by atoms with van der Waals surface area (Å²) in [6, 6.07) is 7.78. The van der Waals surface area contributed by atoms with E-state index in [0.29, 0.717) is 18.3 Å². The Balaban J connectivity index is 1.94. The minimum Gasteiger partial charge on any atom is -0.494 e. The number of carbonyl (C=O) groups is 1. The van der Waals surface area contributed by atoms with Crippen molar-refractivity contribution >= 4 is 11.8 Å². The van der Waals surface area contributed by atoms with Gasteiger partial charge in [0.25, 0.3) is 0 Å². The topological polar surface area (TPSA) is 50.8 Å². The molecule has 2 atom stereocenters. The van der Waals surface area contributed by atoms with Crippen molar-refractivity contribution in [2.75, 3.05) is 25.0 Å². The maximum atomic E-state index is 12.4. The summed E-state index contributed by atoms with van der Waals surface area (Å²) in [5.41, 5.74) is 0.703. The maximum absolute atomic E-state index is 12.4. The molecule has 0 unspecified atom stereocenters. The first kappa shape index (κ1) is 19.6. The smallest absolute Gasteiger partial charge is 0.411 e. The van der Waals surface area contributed by atoms with Crippen LogP contribution < -0.4 is 10.1 Å². The van der Waals surface area contributed by atoms with Gasteiger partial charge in [0.15, 0.2) is 0 Å². The largest absolute Gasteiger partial charge is 0.494 e. The summed E-state index contributed by atoms with van der Waals surface area (Å²) in [5.74, 6) is 0.762. The third-order valence-corrected chi connectivity index (χ3v) is 4.76. The Morgan fingerprint density at radius 2 is 1.96 bits per heavy atom. The van der Waals surface area contributed by atoms with Gasteiger partial charge in [0.2, 0.25) is 0 Å². The molecular weight excluding hydrogens is 316 g/mol. The first-order chi connectivity index (χ1) is 12.2. The zero-order valence-corrected chi connectivity index (χ0v) is 15.8. The van der Waals surface area contributed by atoms with Crippen molar-refractivity contribution in [2.45, 2.75) is 65.0 Å². The summed E-state index contributed by atoms with van der Waals surface area (Å²) in [6.45, 7) is 9.03. The summed E-state index contributed by atoms with van der Waals surface area (Å²) >= 11 is 0. The minimum atomic E-state index is -0.378. The van der Waals surface area contributed by atoms with Crippen molar-refractivity contribution in [2.24, 2.45) is 0 Å². The van der Waals surface area contributed by atoms with E-state index < -0.39 is 0 Å². The quantitative estimate of drug-likeness (QED) is 0.741. The van der Waals surface area contributed by atoms with Crippen LogP contribution in [-0.2, 0) is 4.74 Å². The molecule has 1 saturated carbocycles. The fourth-order valence-electron chi connectivity index (χ4n) is 3.49. The van der Waals surface area contributed by atoms with Crippen LogP contribution in [0.25, 0.3) is 0 Å². The van der Waals surface area contributed by atoms with Gasteiger partial charge in [-0.1, -0.05) is 33.3 Å². The number of nitrogens with zero attached hydrogens (tertiary/aromatic N) is 1. The van der Waals surface area contributed by atoms with Crippen LogP contribution in [0, 0.1) is 0 Å². The Morgan fingerprint density at radius 1 is 1.20 bits per heavy atom. The van der Waals surface area contributed by atoms with Crippen LogP contribution in [0.5, 0.6) is 5.75 Å². The highest BCUT2D eigenvalue weighted by atomic mass is 16.6. The van der Waals surface area contributed by atoms with Crippen molar-refractivity contribution in [3.05, 3.63) is 24.3 Å². The lowest BCUT2D eigenvalue weighted by atomic mass is 9.91. The standard InChI is InChI=1S/C20H32N2O3/c1-4-14-24-17-11-9-10-16(15-17)21-20(23)25-19-13-8-7-12-18(19)22(5-2)6-3/h9-11,15,18-19H,4-8,12-14H2,1-3H3,(H,21,23)/t18-,19-/m0/s1. The summed E-state index contributed by atoms with van der Waals surface area (Å²) in [7, 11) is 0. The molecule has 2 rings (SSSR count). The second-order valence-electron chi connectivity index (χ2n) is 6.52. The maximum Gasteiger partial charge on any atom is 0.411 e. The van der Waals surface area contributed by atoms with E-state index in [0.717, 1.165) is 44.5 Å². The molecule has 5 nitrogen and oxygen atoms in total. The summed E-state index contributed by atoms with van der Waals surface area (Å²) in [4.78, 5) is 14.8. The minimum absolute atomic E-state index is 0.0341. The molecule has 1 aliphatic carbocycles. The first-order valence-corrected chi connectivity index (χ1v) is 9.62. The summed E-state index contributed by atoms with van der Waals surface area (Å²) in [6.07, 6.45) is 4.91. The fourth-order valence-corrected chi connectivity index (χ4v) is 3.49. The molecule has 0 bridgehead atoms. The Kier molecular flexibility index (Phi) is 8.06. The molecule has 0 aliphatic heterocycles. The van der Waals surface area contributed by atoms with E-state index in [1.165, 1.54) is 6.42 Å². The highest BCUT2D eigenvalue weighted by Gasteiger charge is 2.31. The van der Waals surface area contributed by atoms with E-state index in [2.05, 4.69) is 31.0 Å². The zero-order chi connectivity index (χ0) is 18.1. The van der Waals surface area contributed by atoms with Gasteiger partial charge in [0.05, 0.1) is 6.61 Å². The Labute approximate surface area is 151 Å². The number of amides is 1. The molecule has 0 saturated heterocycles. The highest BCUT2D eigenvalue weighted by molar-refractivity contribution is 5.85. The van der Waals surface area contributed by atoms with E-state index in [1.807, 2.05) is 24.3 Å². The van der Waals surface area contributed by atoms with E-state index >= 15 is 0 Å². The average molecular weight is 348 g/mol. The van der Waals surface area contributed by atoms with Crippen LogP contribution in [0.15, 0.2) is 24.3 Å². The number of anilines is 1. The molecule has 140 valence electrons. The number of nitrogens with one attached hydrogen (secondary N) is 1. The number of ether oxygens (including phenoxy) is 2. The van der Waals surface area contributed by atoms with Gasteiger partial charge in [-0.15, -0.1) is 0 Å². The van der Waals surface area contributed by atoms with Crippen LogP contribution >= 0.6 is 0 Å². The number of hydrogen-bond acceptors (Lipinski definition) is 4. The number of benzene rings is 1. The predicted octanol–water partition coefficient (Wildman–Crippen LogP) is 4.68. The van der Waals surface area contributed by atoms with Crippen LogP contribution in [0.4, 0.5) is 10.5 Å². The zero-order valence-electron chi connectivity index (χ0n) is 15.8. The third kappa shape index (κ3) is 5.92. The number of hydrogen-bond donors (Lipinski definition) is 1. The van der Waals surface area contributed by atoms with Crippen molar-refractivity contribution in [3.8, 4) is 5.75 Å². The summed E-state index contributed by atoms with van der Waals surface area (Å²) < 4.78 is 11.4. The monoisotopic (exact) mass is 348 g/mol. The molecule has 0 spiro atoms. The lowest BCUT2D eigenvalue weighted by Gasteiger charge is -2.38. The molecule has 5 heteroatoms. The molecular formula is C20H32N2O3. The van der Waals surface area contributed by atoms with Crippen LogP contribution in [0.2, 0.25) is 0 Å². The first-order valence-electron chi connectivity index (χ1n) is 9.62. The Hall–Kier alpha value is -1.75. The van der Waals surface area contributed by atoms with Gasteiger partial charge in [0, 0.05) is 17.8 Å². The number of likely N-dealkylation sites (N-methyl/N-ethyl adjacent to an activating group) is 1. The van der Waals surface area contributed by atoms with Gasteiger partial charge >= 0.3 is 6.09 Å². The predicted molar refractivity (Wildman–Crippen MR) is 101 cm³/mol. The van der Waals surface area contributed by atoms with Gasteiger partial charge in [-0.25, -0.2) is 4.79 Å². The molecule has 25 heavy (non-hydrogen) atoms. The van der Waals surface area contributed by atoms with Crippen LogP contribution in [0.1, 0.15) is 52.9 Å². The molecule has 1 aromatic rings. The van der Waals surface area contributed by atoms with E-state index in [9.17, 15) is 4.79 Å². The second-order valence-corrected chi connectivity index (χ2v) is 6.52. The molecule has 1 aliphatic rings. The van der Waals surface area contributed by atoms with Crippen LogP contribution in [0.3, 0.4) is 0 Å². The number of carbonyl (C=O) groups excluding carboxylic acids is 1. The van der Waals surface area contributed by atoms with E-state index in [4.69, 9.17) is 9.47 Å². The fraction of sp³-hybridized carbons (Fsp3) is 0.650. The van der Waals surface area contributed by atoms with E-state index in [1.54, 1.807) is 0 Å². The van der Waals surface area contributed by atoms with E-state index in [-0.39, 0.29) is 12.2 Å². The molecule has 1 fully saturated rings. The van der Waals surface area contributed by atoms with Gasteiger partial charge in [0.1, 0.15) is 11.9 Å². The van der Waals surface area contributed by atoms with Gasteiger partial charge in [-0.3, -0.25) is 10.2 Å². The molecule has 0 aromatic heterocycles. The van der Waals surface area contributed by atoms with Gasteiger partial charge in [-0.05, 0) is 50.9 Å². The molecule has 1 aromatic carbocycles. The van der Waals surface area contributed by atoms with Crippen molar-refractivity contribution in [3.63, 3.8) is 0 Å². The van der Waals surface area contributed by atoms with Crippen molar-refractivity contribution in [1.82, 2.24) is 4.90 Å². The Morgan fingerprint density at radius 3 is 2.68 bits per heavy atom. The second kappa shape index (κ2) is 10.3. The molecule has 1 N–H and O–H groups in total. The number of rotatable bonds is 8. The van der Waals surface area contributed by atoms with Crippen LogP contribution in [-0.4, -0.2) is 42.8 Å².